The number of unbranched alkanes of at least 4 members (excludes halogenated alkanes) is 1. The summed E-state index contributed by atoms with van der Waals surface area (Å²) in [6, 6.07) is 0. The first kappa shape index (κ1) is 19.7. The summed E-state index contributed by atoms with van der Waals surface area (Å²) in [5, 5.41) is 2.73. The number of piperazine rings is 1. The highest BCUT2D eigenvalue weighted by Gasteiger charge is 2.24. The van der Waals surface area contributed by atoms with Crippen molar-refractivity contribution in [1.82, 2.24) is 24.8 Å². The van der Waals surface area contributed by atoms with Crippen LogP contribution in [0.1, 0.15) is 28.2 Å². The van der Waals surface area contributed by atoms with Crippen molar-refractivity contribution in [2.45, 2.75) is 19.8 Å². The number of nitrogens with zero attached hydrogens (tertiary/aromatic N) is 4. The molecule has 9 heteroatoms. The SMILES string of the molecule is COCCCCN1CCN(C(=O)c2cnc(-c3csc(C)n3)[nH]c2=O)CC1. The molecule has 2 aromatic heterocycles. The third kappa shape index (κ3) is 5.00. The summed E-state index contributed by atoms with van der Waals surface area (Å²) >= 11 is 1.49. The number of methoxy groups -OCH3 is 1. The van der Waals surface area contributed by atoms with Crippen LogP contribution in [0.3, 0.4) is 0 Å². The minimum absolute atomic E-state index is 0.0826. The smallest absolute Gasteiger partial charge is 0.264 e. The quantitative estimate of drug-likeness (QED) is 0.717. The first-order chi connectivity index (χ1) is 13.1. The van der Waals surface area contributed by atoms with Crippen LogP contribution < -0.4 is 5.56 Å². The number of aromatic nitrogens is 3. The van der Waals surface area contributed by atoms with Crippen molar-refractivity contribution in [2.75, 3.05) is 46.4 Å². The average molecular weight is 391 g/mol. The van der Waals surface area contributed by atoms with E-state index in [2.05, 4.69) is 19.9 Å². The van der Waals surface area contributed by atoms with Gasteiger partial charge in [-0.3, -0.25) is 14.5 Å². The van der Waals surface area contributed by atoms with Gasteiger partial charge in [0.25, 0.3) is 11.5 Å². The van der Waals surface area contributed by atoms with Gasteiger partial charge < -0.3 is 14.6 Å². The first-order valence-electron chi connectivity index (χ1n) is 9.11. The Kier molecular flexibility index (Phi) is 6.70. The predicted molar refractivity (Wildman–Crippen MR) is 104 cm³/mol. The summed E-state index contributed by atoms with van der Waals surface area (Å²) in [6.45, 7) is 6.56. The normalized spacial score (nSPS) is 15.3. The van der Waals surface area contributed by atoms with Gasteiger partial charge in [-0.1, -0.05) is 0 Å². The topological polar surface area (TPSA) is 91.4 Å². The number of ether oxygens (including phenoxy) is 1. The van der Waals surface area contributed by atoms with Crippen LogP contribution >= 0.6 is 11.3 Å². The highest BCUT2D eigenvalue weighted by Crippen LogP contribution is 2.16. The minimum atomic E-state index is -0.419. The van der Waals surface area contributed by atoms with Gasteiger partial charge in [0.1, 0.15) is 11.3 Å². The van der Waals surface area contributed by atoms with Gasteiger partial charge in [0.05, 0.1) is 5.01 Å². The number of carbonyl (C=O) groups excluding carboxylic acids is 1. The third-order valence-electron chi connectivity index (χ3n) is 4.62. The van der Waals surface area contributed by atoms with Gasteiger partial charge in [0.2, 0.25) is 0 Å². The van der Waals surface area contributed by atoms with Crippen molar-refractivity contribution in [3.63, 3.8) is 0 Å². The van der Waals surface area contributed by atoms with Crippen molar-refractivity contribution in [3.8, 4) is 11.5 Å². The summed E-state index contributed by atoms with van der Waals surface area (Å²) in [6.07, 6.45) is 3.49. The molecule has 3 rings (SSSR count). The van der Waals surface area contributed by atoms with Crippen molar-refractivity contribution < 1.29 is 9.53 Å². The number of aromatic amines is 1. The molecule has 2 aromatic rings. The average Bonchev–Trinajstić information content (AvgIpc) is 3.11. The number of hydrogen-bond donors (Lipinski definition) is 1. The third-order valence-corrected chi connectivity index (χ3v) is 5.40. The Bertz CT molecular complexity index is 826. The van der Waals surface area contributed by atoms with Crippen LogP contribution in [0.15, 0.2) is 16.4 Å². The number of hydrogen-bond acceptors (Lipinski definition) is 7. The number of aryl methyl sites for hydroxylation is 1. The fraction of sp³-hybridized carbons (Fsp3) is 0.556. The Hall–Kier alpha value is -2.10. The summed E-state index contributed by atoms with van der Waals surface area (Å²) < 4.78 is 5.06. The summed E-state index contributed by atoms with van der Waals surface area (Å²) in [7, 11) is 1.71. The van der Waals surface area contributed by atoms with Crippen LogP contribution in [0.5, 0.6) is 0 Å². The van der Waals surface area contributed by atoms with Crippen LogP contribution in [0.4, 0.5) is 0 Å². The number of nitrogens with one attached hydrogen (secondary N) is 1. The molecule has 0 saturated carbocycles. The maximum Gasteiger partial charge on any atom is 0.264 e. The molecule has 146 valence electrons. The van der Waals surface area contributed by atoms with E-state index >= 15 is 0 Å². The zero-order valence-corrected chi connectivity index (χ0v) is 16.5. The van der Waals surface area contributed by atoms with E-state index in [9.17, 15) is 9.59 Å². The van der Waals surface area contributed by atoms with E-state index in [0.717, 1.165) is 44.1 Å². The second-order valence-electron chi connectivity index (χ2n) is 6.56. The summed E-state index contributed by atoms with van der Waals surface area (Å²) in [4.78, 5) is 40.4. The van der Waals surface area contributed by atoms with E-state index in [4.69, 9.17) is 4.74 Å². The molecule has 1 N–H and O–H groups in total. The summed E-state index contributed by atoms with van der Waals surface area (Å²) in [5.74, 6) is 0.130. The number of carbonyl (C=O) groups is 1. The molecule has 1 aliphatic rings. The van der Waals surface area contributed by atoms with Crippen LogP contribution in [0.25, 0.3) is 11.5 Å². The Balaban J connectivity index is 1.58. The zero-order chi connectivity index (χ0) is 19.2. The fourth-order valence-corrected chi connectivity index (χ4v) is 3.67. The lowest BCUT2D eigenvalue weighted by Gasteiger charge is -2.34. The van der Waals surface area contributed by atoms with Crippen molar-refractivity contribution in [1.29, 1.82) is 0 Å². The van der Waals surface area contributed by atoms with Gasteiger partial charge in [0, 0.05) is 51.5 Å². The lowest BCUT2D eigenvalue weighted by molar-refractivity contribution is 0.0630. The second-order valence-corrected chi connectivity index (χ2v) is 7.62. The maximum atomic E-state index is 12.7. The first-order valence-corrected chi connectivity index (χ1v) is 9.99. The van der Waals surface area contributed by atoms with Crippen LogP contribution in [-0.2, 0) is 4.74 Å². The van der Waals surface area contributed by atoms with Gasteiger partial charge >= 0.3 is 0 Å². The molecule has 0 radical (unpaired) electrons. The van der Waals surface area contributed by atoms with Gasteiger partial charge in [0.15, 0.2) is 5.82 Å². The summed E-state index contributed by atoms with van der Waals surface area (Å²) in [5.41, 5.74) is 0.285. The van der Waals surface area contributed by atoms with Gasteiger partial charge in [-0.25, -0.2) is 9.97 Å². The van der Waals surface area contributed by atoms with Crippen molar-refractivity contribution in [2.24, 2.45) is 0 Å². The Labute approximate surface area is 162 Å². The lowest BCUT2D eigenvalue weighted by atomic mass is 10.2. The molecular formula is C18H25N5O3S. The van der Waals surface area contributed by atoms with E-state index in [1.165, 1.54) is 17.5 Å². The molecule has 0 bridgehead atoms. The Morgan fingerprint density at radius 1 is 1.30 bits per heavy atom. The van der Waals surface area contributed by atoms with Gasteiger partial charge in [-0.15, -0.1) is 11.3 Å². The van der Waals surface area contributed by atoms with E-state index in [1.54, 1.807) is 12.0 Å². The molecular weight excluding hydrogens is 366 g/mol. The number of H-pyrrole nitrogens is 1. The molecule has 1 aliphatic heterocycles. The van der Waals surface area contributed by atoms with Crippen LogP contribution in [-0.4, -0.2) is 77.1 Å². The van der Waals surface area contributed by atoms with E-state index < -0.39 is 5.56 Å². The Morgan fingerprint density at radius 3 is 2.70 bits per heavy atom. The molecule has 0 aromatic carbocycles. The Morgan fingerprint density at radius 2 is 2.07 bits per heavy atom. The van der Waals surface area contributed by atoms with Crippen LogP contribution in [0.2, 0.25) is 0 Å². The van der Waals surface area contributed by atoms with Gasteiger partial charge in [-0.05, 0) is 26.3 Å². The predicted octanol–water partition coefficient (Wildman–Crippen LogP) is 1.39. The van der Waals surface area contributed by atoms with E-state index in [0.29, 0.717) is 24.6 Å². The molecule has 0 aliphatic carbocycles. The molecule has 1 saturated heterocycles. The second kappa shape index (κ2) is 9.20. The standard InChI is InChI=1S/C18H25N5O3S/c1-13-20-15(12-27-13)16-19-11-14(17(24)21-16)18(25)23-8-6-22(7-9-23)5-3-4-10-26-2/h11-12H,3-10H2,1-2H3,(H,19,21,24). The molecule has 27 heavy (non-hydrogen) atoms. The van der Waals surface area contributed by atoms with Gasteiger partial charge in [-0.2, -0.15) is 0 Å². The minimum Gasteiger partial charge on any atom is -0.385 e. The molecule has 8 nitrogen and oxygen atoms in total. The molecule has 0 unspecified atom stereocenters. The number of thiazole rings is 1. The van der Waals surface area contributed by atoms with E-state index in [-0.39, 0.29) is 11.5 Å². The fourth-order valence-electron chi connectivity index (χ4n) is 3.08. The zero-order valence-electron chi connectivity index (χ0n) is 15.7. The number of amides is 1. The number of rotatable bonds is 7. The monoisotopic (exact) mass is 391 g/mol. The van der Waals surface area contributed by atoms with Crippen LogP contribution in [0, 0.1) is 6.92 Å². The largest absolute Gasteiger partial charge is 0.385 e. The maximum absolute atomic E-state index is 12.7. The van der Waals surface area contributed by atoms with Crippen molar-refractivity contribution >= 4 is 17.2 Å². The highest BCUT2D eigenvalue weighted by molar-refractivity contribution is 7.09. The lowest BCUT2D eigenvalue weighted by Crippen LogP contribution is -2.49. The van der Waals surface area contributed by atoms with Crippen molar-refractivity contribution in [3.05, 3.63) is 32.5 Å². The molecule has 1 amide bonds. The highest BCUT2D eigenvalue weighted by atomic mass is 32.1. The molecule has 3 heterocycles. The molecule has 1 fully saturated rings. The molecule has 0 spiro atoms. The van der Waals surface area contributed by atoms with E-state index in [1.807, 2.05) is 12.3 Å². The molecule has 0 atom stereocenters.